The zero-order valence-corrected chi connectivity index (χ0v) is 18.5. The van der Waals surface area contributed by atoms with E-state index in [2.05, 4.69) is 20.6 Å². The van der Waals surface area contributed by atoms with Gasteiger partial charge in [0.1, 0.15) is 24.1 Å². The lowest BCUT2D eigenvalue weighted by atomic mass is 10.0. The summed E-state index contributed by atoms with van der Waals surface area (Å²) in [6.07, 6.45) is 0.938. The summed E-state index contributed by atoms with van der Waals surface area (Å²) in [5, 5.41) is 6.96. The lowest BCUT2D eigenvalue weighted by molar-refractivity contribution is -0.130. The third kappa shape index (κ3) is 5.32. The normalized spacial score (nSPS) is 11.8. The van der Waals surface area contributed by atoms with Gasteiger partial charge in [0.2, 0.25) is 5.91 Å². The zero-order chi connectivity index (χ0) is 23.2. The van der Waals surface area contributed by atoms with Crippen molar-refractivity contribution in [1.29, 1.82) is 0 Å². The van der Waals surface area contributed by atoms with Crippen LogP contribution in [-0.2, 0) is 22.6 Å². The zero-order valence-electron chi connectivity index (χ0n) is 18.5. The first kappa shape index (κ1) is 22.4. The molecule has 6 nitrogen and oxygen atoms in total. The summed E-state index contributed by atoms with van der Waals surface area (Å²) < 4.78 is 19.4. The first-order valence-corrected chi connectivity index (χ1v) is 10.7. The summed E-state index contributed by atoms with van der Waals surface area (Å²) in [5.41, 5.74) is 4.09. The van der Waals surface area contributed by atoms with Crippen LogP contribution in [0, 0.1) is 5.82 Å². The number of carbonyl (C=O) groups is 1. The fourth-order valence-electron chi connectivity index (χ4n) is 3.48. The fraction of sp³-hybridized carbons (Fsp3) is 0.192. The summed E-state index contributed by atoms with van der Waals surface area (Å²) >= 11 is 0. The van der Waals surface area contributed by atoms with Gasteiger partial charge in [0.15, 0.2) is 0 Å². The van der Waals surface area contributed by atoms with E-state index in [1.807, 2.05) is 48.5 Å². The van der Waals surface area contributed by atoms with E-state index in [4.69, 9.17) is 4.74 Å². The third-order valence-electron chi connectivity index (χ3n) is 5.49. The maximum absolute atomic E-state index is 14.4. The van der Waals surface area contributed by atoms with Crippen LogP contribution >= 0.6 is 0 Å². The predicted molar refractivity (Wildman–Crippen MR) is 127 cm³/mol. The van der Waals surface area contributed by atoms with Crippen LogP contribution in [0.4, 0.5) is 10.2 Å². The number of halogens is 1. The molecule has 33 heavy (non-hydrogen) atoms. The Morgan fingerprint density at radius 3 is 2.55 bits per heavy atom. The molecule has 0 aliphatic rings. The summed E-state index contributed by atoms with van der Waals surface area (Å²) in [6.45, 7) is 2.35. The van der Waals surface area contributed by atoms with Gasteiger partial charge in [-0.2, -0.15) is 0 Å². The second kappa shape index (κ2) is 10.2. The van der Waals surface area contributed by atoms with E-state index < -0.39 is 6.10 Å². The van der Waals surface area contributed by atoms with Crippen molar-refractivity contribution in [2.24, 2.45) is 0 Å². The molecular formula is C26H25FN4O2. The fourth-order valence-corrected chi connectivity index (χ4v) is 3.48. The van der Waals surface area contributed by atoms with Crippen molar-refractivity contribution in [1.82, 2.24) is 15.3 Å². The van der Waals surface area contributed by atoms with Crippen LogP contribution in [0.1, 0.15) is 18.1 Å². The average Bonchev–Trinajstić information content (AvgIpc) is 2.86. The van der Waals surface area contributed by atoms with E-state index in [0.29, 0.717) is 12.1 Å². The number of benzene rings is 3. The topological polar surface area (TPSA) is 76.1 Å². The largest absolute Gasteiger partial charge is 0.372 e. The highest BCUT2D eigenvalue weighted by Gasteiger charge is 2.13. The molecule has 1 aromatic heterocycles. The lowest BCUT2D eigenvalue weighted by Crippen LogP contribution is -2.33. The highest BCUT2D eigenvalue weighted by atomic mass is 19.1. The van der Waals surface area contributed by atoms with Gasteiger partial charge in [0.25, 0.3) is 0 Å². The first-order valence-electron chi connectivity index (χ1n) is 10.7. The van der Waals surface area contributed by atoms with Crippen molar-refractivity contribution in [3.05, 3.63) is 90.0 Å². The molecule has 4 rings (SSSR count). The van der Waals surface area contributed by atoms with Gasteiger partial charge in [-0.3, -0.25) is 4.79 Å². The molecule has 0 fully saturated rings. The van der Waals surface area contributed by atoms with Gasteiger partial charge in [-0.1, -0.05) is 42.5 Å². The van der Waals surface area contributed by atoms with Crippen molar-refractivity contribution in [2.45, 2.75) is 26.1 Å². The Morgan fingerprint density at radius 2 is 1.76 bits per heavy atom. The number of aromatic nitrogens is 2. The lowest BCUT2D eigenvalue weighted by Gasteiger charge is -2.13. The first-order chi connectivity index (χ1) is 16.0. The van der Waals surface area contributed by atoms with Gasteiger partial charge in [-0.25, -0.2) is 14.4 Å². The number of hydrogen-bond acceptors (Lipinski definition) is 5. The minimum Gasteiger partial charge on any atom is -0.372 e. The van der Waals surface area contributed by atoms with Crippen molar-refractivity contribution < 1.29 is 13.9 Å². The minimum absolute atomic E-state index is 0.0762. The summed E-state index contributed by atoms with van der Waals surface area (Å²) in [4.78, 5) is 20.8. The average molecular weight is 445 g/mol. The molecule has 7 heteroatoms. The van der Waals surface area contributed by atoms with Crippen LogP contribution < -0.4 is 10.6 Å². The van der Waals surface area contributed by atoms with Gasteiger partial charge >= 0.3 is 0 Å². The number of nitrogens with one attached hydrogen (secondary N) is 2. The van der Waals surface area contributed by atoms with Crippen LogP contribution in [0.15, 0.2) is 73.1 Å². The van der Waals surface area contributed by atoms with Crippen molar-refractivity contribution in [3.8, 4) is 11.1 Å². The Balaban J connectivity index is 1.59. The molecule has 4 aromatic rings. The number of anilines is 1. The molecule has 0 aliphatic heterocycles. The second-order valence-electron chi connectivity index (χ2n) is 7.70. The smallest absolute Gasteiger partial charge is 0.249 e. The maximum Gasteiger partial charge on any atom is 0.249 e. The van der Waals surface area contributed by atoms with Crippen LogP contribution in [0.3, 0.4) is 0 Å². The van der Waals surface area contributed by atoms with Gasteiger partial charge in [0.05, 0.1) is 5.52 Å². The second-order valence-corrected chi connectivity index (χ2v) is 7.70. The molecule has 2 N–H and O–H groups in total. The molecule has 1 unspecified atom stereocenters. The van der Waals surface area contributed by atoms with Crippen LogP contribution in [0.2, 0.25) is 0 Å². The Kier molecular flexibility index (Phi) is 6.90. The maximum atomic E-state index is 14.4. The van der Waals surface area contributed by atoms with Gasteiger partial charge in [-0.15, -0.1) is 0 Å². The number of nitrogens with zero attached hydrogens (tertiary/aromatic N) is 2. The van der Waals surface area contributed by atoms with E-state index in [0.717, 1.165) is 33.4 Å². The molecule has 1 atom stereocenters. The number of hydrogen-bond donors (Lipinski definition) is 2. The highest BCUT2D eigenvalue weighted by Crippen LogP contribution is 2.28. The molecule has 0 aliphatic carbocycles. The molecule has 1 amide bonds. The standard InChI is InChI=1S/C26H25FN4O2/c1-17(33-2)26(32)29-15-21-12-19(8-10-23(21)27)20-9-11-24-22(13-20)25(31-16-30-24)28-14-18-6-4-3-5-7-18/h3-13,16-17H,14-15H2,1-2H3,(H,29,32)(H,28,30,31). The molecule has 168 valence electrons. The quantitative estimate of drug-likeness (QED) is 0.412. The molecular weight excluding hydrogens is 419 g/mol. The number of methoxy groups -OCH3 is 1. The van der Waals surface area contributed by atoms with E-state index in [1.165, 1.54) is 19.5 Å². The number of carbonyl (C=O) groups excluding carboxylic acids is 1. The molecule has 0 saturated heterocycles. The Morgan fingerprint density at radius 1 is 1.00 bits per heavy atom. The van der Waals surface area contributed by atoms with Crippen molar-refractivity contribution in [2.75, 3.05) is 12.4 Å². The van der Waals surface area contributed by atoms with E-state index in [1.54, 1.807) is 19.1 Å². The summed E-state index contributed by atoms with van der Waals surface area (Å²) in [7, 11) is 1.46. The van der Waals surface area contributed by atoms with Crippen molar-refractivity contribution >= 4 is 22.6 Å². The van der Waals surface area contributed by atoms with Gasteiger partial charge in [-0.05, 0) is 47.9 Å². The molecule has 3 aromatic carbocycles. The van der Waals surface area contributed by atoms with Gasteiger partial charge in [0, 0.05) is 31.1 Å². The Bertz CT molecular complexity index is 1260. The van der Waals surface area contributed by atoms with E-state index in [-0.39, 0.29) is 18.3 Å². The number of rotatable bonds is 8. The number of amides is 1. The van der Waals surface area contributed by atoms with E-state index in [9.17, 15) is 9.18 Å². The van der Waals surface area contributed by atoms with Crippen LogP contribution in [0.25, 0.3) is 22.0 Å². The number of fused-ring (bicyclic) bond motifs is 1. The predicted octanol–water partition coefficient (Wildman–Crippen LogP) is 4.70. The Labute approximate surface area is 191 Å². The molecule has 1 heterocycles. The molecule has 0 radical (unpaired) electrons. The van der Waals surface area contributed by atoms with Crippen LogP contribution in [-0.4, -0.2) is 29.1 Å². The SMILES string of the molecule is COC(C)C(=O)NCc1cc(-c2ccc3ncnc(NCc4ccccc4)c3c2)ccc1F. The monoisotopic (exact) mass is 444 g/mol. The third-order valence-corrected chi connectivity index (χ3v) is 5.49. The molecule has 0 bridgehead atoms. The van der Waals surface area contributed by atoms with Crippen LogP contribution in [0.5, 0.6) is 0 Å². The van der Waals surface area contributed by atoms with Crippen molar-refractivity contribution in [3.63, 3.8) is 0 Å². The van der Waals surface area contributed by atoms with Gasteiger partial charge < -0.3 is 15.4 Å². The summed E-state index contributed by atoms with van der Waals surface area (Å²) in [6, 6.07) is 20.8. The molecule has 0 saturated carbocycles. The highest BCUT2D eigenvalue weighted by molar-refractivity contribution is 5.92. The Hall–Kier alpha value is -3.84. The van der Waals surface area contributed by atoms with E-state index >= 15 is 0 Å². The number of ether oxygens (including phenoxy) is 1. The minimum atomic E-state index is -0.599. The molecule has 0 spiro atoms. The summed E-state index contributed by atoms with van der Waals surface area (Å²) in [5.74, 6) is 0.0617.